The molecule has 0 amide bonds. The second-order valence-corrected chi connectivity index (χ2v) is 29.6. The molecule has 538 valence electrons. The standard InChI is InChI=1S/C32H32O4.C31H28O4.C31H30O4/c1-17-9-18(2)14-25(13-17)33-31-27(34-28-21(5)10-19(3)11-22(28)6)16-24(8)30-32(31)36-29-23(7)12-20(4)15-26(29)35-30;1-15-8-16(2)11-22(10-15)32-28-19(5)13-20(6)29-31(28)35-27-21(7)14-24-26(30(27)34-29)25-18(4)9-17(3)12-23(25)33-24;1-17-8-18(2)11-24(10-17)32-26-15-23(7)28-27(16-26)34-30-22(6)14-21(5)29(31(30)35-28)33-25-12-19(3)9-20(4)13-25/h9-16H,1-8H3;8-14H,1-7H3;8-16H,1-7H3. The molecule has 12 aromatic carbocycles. The smallest absolute Gasteiger partial charge is 0.216 e. The largest absolute Gasteiger partial charge is 0.457 e. The number of benzene rings is 12. The minimum atomic E-state index is 0.491. The molecular weight excluding hydrogens is 1320 g/mol. The summed E-state index contributed by atoms with van der Waals surface area (Å²) in [7, 11) is 0. The molecule has 0 bridgehead atoms. The van der Waals surface area contributed by atoms with E-state index in [9.17, 15) is 0 Å². The minimum Gasteiger partial charge on any atom is -0.457 e. The molecular formula is C94H90O12. The summed E-state index contributed by atoms with van der Waals surface area (Å²) in [5, 5.41) is 2.01. The van der Waals surface area contributed by atoms with Crippen molar-refractivity contribution < 1.29 is 56.5 Å². The van der Waals surface area contributed by atoms with Gasteiger partial charge in [-0.1, -0.05) is 54.1 Å². The van der Waals surface area contributed by atoms with Crippen LogP contribution in [-0.4, -0.2) is 0 Å². The van der Waals surface area contributed by atoms with Crippen LogP contribution in [0.25, 0.3) is 21.9 Å². The van der Waals surface area contributed by atoms with Crippen molar-refractivity contribution in [2.75, 3.05) is 0 Å². The van der Waals surface area contributed by atoms with Crippen LogP contribution in [0.15, 0.2) is 150 Å². The number of ether oxygens (including phenoxy) is 11. The second kappa shape index (κ2) is 28.0. The van der Waals surface area contributed by atoms with E-state index >= 15 is 0 Å². The van der Waals surface area contributed by atoms with Gasteiger partial charge >= 0.3 is 0 Å². The molecule has 0 fully saturated rings. The van der Waals surface area contributed by atoms with Gasteiger partial charge in [0.15, 0.2) is 69.0 Å². The number of aryl methyl sites for hydroxylation is 22. The summed E-state index contributed by atoms with van der Waals surface area (Å²) in [6.45, 7) is 45.1. The number of rotatable bonds is 10. The number of hydrogen-bond donors (Lipinski definition) is 0. The zero-order chi connectivity index (χ0) is 75.2. The first kappa shape index (κ1) is 71.2. The van der Waals surface area contributed by atoms with Crippen LogP contribution in [0.2, 0.25) is 0 Å². The first-order valence-electron chi connectivity index (χ1n) is 36.0. The van der Waals surface area contributed by atoms with Crippen molar-refractivity contribution in [3.63, 3.8) is 0 Å². The Kier molecular flexibility index (Phi) is 18.8. The minimum absolute atomic E-state index is 0.491. The molecule has 12 heteroatoms. The predicted octanol–water partition coefficient (Wildman–Crippen LogP) is 28.4. The first-order chi connectivity index (χ1) is 50.4. The summed E-state index contributed by atoms with van der Waals surface area (Å²) < 4.78 is 77.5. The van der Waals surface area contributed by atoms with Gasteiger partial charge in [-0.05, 0) is 360 Å². The highest BCUT2D eigenvalue weighted by Gasteiger charge is 2.35. The summed E-state index contributed by atoms with van der Waals surface area (Å²) in [5.41, 5.74) is 25.3. The number of furan rings is 1. The van der Waals surface area contributed by atoms with Crippen LogP contribution >= 0.6 is 0 Å². The molecule has 0 spiro atoms. The highest BCUT2D eigenvalue weighted by Crippen LogP contribution is 2.61. The second-order valence-electron chi connectivity index (χ2n) is 29.6. The molecule has 0 radical (unpaired) electrons. The maximum atomic E-state index is 6.67. The molecule has 0 aliphatic carbocycles. The summed E-state index contributed by atoms with van der Waals surface area (Å²) in [6.07, 6.45) is 0. The Morgan fingerprint density at radius 2 is 0.491 bits per heavy atom. The van der Waals surface area contributed by atoms with E-state index in [1.807, 2.05) is 134 Å². The monoisotopic (exact) mass is 1410 g/mol. The van der Waals surface area contributed by atoms with E-state index in [4.69, 9.17) is 56.5 Å². The van der Waals surface area contributed by atoms with Gasteiger partial charge in [0.05, 0.1) is 5.39 Å². The Morgan fingerprint density at radius 1 is 0.179 bits per heavy atom. The topological polar surface area (TPSA) is 115 Å². The third-order valence-corrected chi connectivity index (χ3v) is 19.1. The molecule has 3 aliphatic rings. The van der Waals surface area contributed by atoms with Gasteiger partial charge in [0.2, 0.25) is 23.0 Å². The average molecular weight is 1410 g/mol. The summed E-state index contributed by atoms with van der Waals surface area (Å²) >= 11 is 0. The third kappa shape index (κ3) is 14.2. The van der Waals surface area contributed by atoms with Crippen LogP contribution in [0.1, 0.15) is 122 Å². The fourth-order valence-electron chi connectivity index (χ4n) is 15.0. The van der Waals surface area contributed by atoms with Crippen LogP contribution in [0.5, 0.6) is 126 Å². The van der Waals surface area contributed by atoms with E-state index < -0.39 is 0 Å². The van der Waals surface area contributed by atoms with Gasteiger partial charge in [-0.2, -0.15) is 0 Å². The van der Waals surface area contributed by atoms with Crippen molar-refractivity contribution in [3.8, 4) is 126 Å². The van der Waals surface area contributed by atoms with Crippen LogP contribution in [0.4, 0.5) is 0 Å². The Labute approximate surface area is 621 Å². The van der Waals surface area contributed by atoms with Crippen LogP contribution < -0.4 is 52.1 Å². The third-order valence-electron chi connectivity index (χ3n) is 19.1. The van der Waals surface area contributed by atoms with Gasteiger partial charge in [0, 0.05) is 11.5 Å². The lowest BCUT2D eigenvalue weighted by Crippen LogP contribution is -2.06. The van der Waals surface area contributed by atoms with Crippen molar-refractivity contribution in [3.05, 3.63) is 268 Å². The average Bonchev–Trinajstić information content (AvgIpc) is 1.43. The molecule has 12 nitrogen and oxygen atoms in total. The zero-order valence-corrected chi connectivity index (χ0v) is 64.8. The maximum Gasteiger partial charge on any atom is 0.216 e. The Morgan fingerprint density at radius 3 is 0.991 bits per heavy atom. The summed E-state index contributed by atoms with van der Waals surface area (Å²) in [4.78, 5) is 0. The lowest BCUT2D eigenvalue weighted by molar-refractivity contribution is 0.327. The van der Waals surface area contributed by atoms with E-state index in [-0.39, 0.29) is 0 Å². The van der Waals surface area contributed by atoms with Gasteiger partial charge in [-0.15, -0.1) is 0 Å². The first-order valence-corrected chi connectivity index (χ1v) is 36.0. The van der Waals surface area contributed by atoms with Gasteiger partial charge in [0.25, 0.3) is 0 Å². The molecule has 0 N–H and O–H groups in total. The lowest BCUT2D eigenvalue weighted by Gasteiger charge is -2.27. The highest BCUT2D eigenvalue weighted by molar-refractivity contribution is 6.12. The SMILES string of the molecule is Cc1cc(C)cc(Oc2c(C)cc(C)c3c2Oc2c(C)cc4oc5cc(C)cc(C)c5c4c2O3)c1.Cc1cc(C)cc(Oc2c(Oc3c(C)cc(C)cc3C)cc(C)c3c2Oc2c(C)cc(C)cc2O3)c1.Cc1cc(C)cc(Oc2cc(C)c3c(c2)Oc2c(C)cc(C)c(Oc4cc(C)cc(C)c4)c2O3)c1. The molecule has 3 aliphatic heterocycles. The highest BCUT2D eigenvalue weighted by atomic mass is 16.6. The molecule has 16 rings (SSSR count). The van der Waals surface area contributed by atoms with Gasteiger partial charge < -0.3 is 56.5 Å². The zero-order valence-electron chi connectivity index (χ0n) is 64.8. The number of fused-ring (bicyclic) bond motifs is 10. The van der Waals surface area contributed by atoms with Crippen LogP contribution in [0.3, 0.4) is 0 Å². The molecule has 0 unspecified atom stereocenters. The molecule has 1 aromatic heterocycles. The van der Waals surface area contributed by atoms with Gasteiger partial charge in [-0.3, -0.25) is 0 Å². The fraction of sp³-hybridized carbons (Fsp3) is 0.234. The van der Waals surface area contributed by atoms with E-state index in [0.717, 1.165) is 162 Å². The number of hydrogen-bond acceptors (Lipinski definition) is 12. The summed E-state index contributed by atoms with van der Waals surface area (Å²) in [6, 6.07) is 49.3. The van der Waals surface area contributed by atoms with Crippen molar-refractivity contribution in [2.45, 2.75) is 152 Å². The molecule has 13 aromatic rings. The maximum absolute atomic E-state index is 6.67. The predicted molar refractivity (Wildman–Crippen MR) is 423 cm³/mol. The van der Waals surface area contributed by atoms with Crippen molar-refractivity contribution in [1.82, 2.24) is 0 Å². The molecule has 106 heavy (non-hydrogen) atoms. The van der Waals surface area contributed by atoms with E-state index in [0.29, 0.717) is 97.7 Å². The van der Waals surface area contributed by atoms with Gasteiger partial charge in [0.1, 0.15) is 45.7 Å². The Hall–Kier alpha value is -11.8. The van der Waals surface area contributed by atoms with E-state index in [2.05, 4.69) is 164 Å². The van der Waals surface area contributed by atoms with Crippen molar-refractivity contribution >= 4 is 21.9 Å². The Balaban J connectivity index is 0.000000134. The normalized spacial score (nSPS) is 11.9. The lowest BCUT2D eigenvalue weighted by atomic mass is 10.0. The quantitative estimate of drug-likeness (QED) is 0.130. The van der Waals surface area contributed by atoms with E-state index in [1.54, 1.807) is 0 Å². The fourth-order valence-corrected chi connectivity index (χ4v) is 15.0. The molecule has 0 saturated heterocycles. The Bertz CT molecular complexity index is 5680. The van der Waals surface area contributed by atoms with Crippen molar-refractivity contribution in [1.29, 1.82) is 0 Å². The van der Waals surface area contributed by atoms with Crippen molar-refractivity contribution in [2.24, 2.45) is 0 Å². The van der Waals surface area contributed by atoms with Gasteiger partial charge in [-0.25, -0.2) is 0 Å². The van der Waals surface area contributed by atoms with E-state index in [1.165, 1.54) is 11.1 Å². The van der Waals surface area contributed by atoms with Crippen LogP contribution in [-0.2, 0) is 0 Å². The molecule has 0 atom stereocenters. The molecule has 0 saturated carbocycles. The summed E-state index contributed by atoms with van der Waals surface area (Å²) in [5.74, 6) is 14.8. The van der Waals surface area contributed by atoms with Crippen LogP contribution in [0, 0.1) is 152 Å². The molecule has 4 heterocycles.